The number of benzene rings is 2. The Morgan fingerprint density at radius 2 is 2.02 bits per heavy atom. The van der Waals surface area contributed by atoms with Gasteiger partial charge < -0.3 is 19.5 Å². The van der Waals surface area contributed by atoms with Crippen molar-refractivity contribution < 1.29 is 27.8 Å². The number of methoxy groups -OCH3 is 1. The lowest BCUT2D eigenvalue weighted by molar-refractivity contribution is -0.124. The van der Waals surface area contributed by atoms with Gasteiger partial charge in [0.15, 0.2) is 0 Å². The molecule has 4 aliphatic rings. The van der Waals surface area contributed by atoms with E-state index in [1.54, 1.807) is 26.2 Å². The number of aliphatic hydroxyl groups is 1. The summed E-state index contributed by atoms with van der Waals surface area (Å²) in [4.78, 5) is 15.4. The summed E-state index contributed by atoms with van der Waals surface area (Å²) in [5.41, 5.74) is 2.99. The van der Waals surface area contributed by atoms with Crippen LogP contribution in [-0.4, -0.2) is 52.3 Å². The first-order chi connectivity index (χ1) is 21.0. The standard InChI is InChI=1S/C34H43ClN2O6S/c1-21-6-4-8-30(42-3)27-11-9-24(27)17-37-19-34(13-5-7-23-14-26(35)10-12-28(23)34)20-43-31-15-25(18-38)32(16-29(31)37)44(40,41)36-33(39)22(21)2/h4,8,10,12,14-16,21-22,24,27,30,38H,5-7,9,11,13,17-20H2,1-3H3,(H,36,39)/b8-4+/t21-,22+,24-,27+,30-,34-/m0/s1. The number of carbonyl (C=O) groups excluding carboxylic acids is 1. The van der Waals surface area contributed by atoms with Gasteiger partial charge in [0.2, 0.25) is 5.91 Å². The molecule has 1 amide bonds. The highest BCUT2D eigenvalue weighted by atomic mass is 35.5. The summed E-state index contributed by atoms with van der Waals surface area (Å²) < 4.78 is 42.4. The quantitative estimate of drug-likeness (QED) is 0.424. The topological polar surface area (TPSA) is 105 Å². The lowest BCUT2D eigenvalue weighted by atomic mass is 9.68. The van der Waals surface area contributed by atoms with Gasteiger partial charge in [0.25, 0.3) is 10.0 Å². The lowest BCUT2D eigenvalue weighted by Crippen LogP contribution is -2.49. The number of hydrogen-bond acceptors (Lipinski definition) is 7. The number of hydrogen-bond donors (Lipinski definition) is 2. The van der Waals surface area contributed by atoms with Crippen LogP contribution in [0.15, 0.2) is 47.4 Å². The third-order valence-corrected chi connectivity index (χ3v) is 12.3. The summed E-state index contributed by atoms with van der Waals surface area (Å²) in [7, 11) is -2.52. The first-order valence-corrected chi connectivity index (χ1v) is 17.6. The first kappa shape index (κ1) is 31.4. The minimum atomic E-state index is -4.28. The van der Waals surface area contributed by atoms with Crippen LogP contribution in [0.1, 0.15) is 62.6 Å². The zero-order chi connectivity index (χ0) is 31.2. The van der Waals surface area contributed by atoms with Gasteiger partial charge in [-0.05, 0) is 91.7 Å². The maximum absolute atomic E-state index is 13.8. The molecular formula is C34H43ClN2O6S. The molecule has 2 N–H and O–H groups in total. The second-order valence-corrected chi connectivity index (χ2v) is 15.4. The number of ether oxygens (including phenoxy) is 2. The summed E-state index contributed by atoms with van der Waals surface area (Å²) >= 11 is 6.41. The number of fused-ring (bicyclic) bond motifs is 4. The van der Waals surface area contributed by atoms with Gasteiger partial charge in [-0.2, -0.15) is 0 Å². The summed E-state index contributed by atoms with van der Waals surface area (Å²) in [5.74, 6) is 0.00572. The Labute approximate surface area is 265 Å². The SMILES string of the molecule is CO[C@H]1/C=C/C[C@H](C)[C@@H](C)C(=O)NS(=O)(=O)c2cc3c(cc2CO)OC[C@]2(CCCc4cc(Cl)ccc42)CN3C[C@@H]2CC[C@H]21. The van der Waals surface area contributed by atoms with Gasteiger partial charge >= 0.3 is 0 Å². The molecule has 2 aromatic rings. The van der Waals surface area contributed by atoms with Crippen molar-refractivity contribution in [3.05, 3.63) is 64.2 Å². The minimum Gasteiger partial charge on any atom is -0.490 e. The van der Waals surface area contributed by atoms with Gasteiger partial charge in [0.05, 0.1) is 29.9 Å². The van der Waals surface area contributed by atoms with E-state index in [0.29, 0.717) is 54.4 Å². The predicted octanol–water partition coefficient (Wildman–Crippen LogP) is 5.38. The molecule has 0 unspecified atom stereocenters. The average molecular weight is 643 g/mol. The number of allylic oxidation sites excluding steroid dienone is 1. The van der Waals surface area contributed by atoms with E-state index in [-0.39, 0.29) is 27.9 Å². The predicted molar refractivity (Wildman–Crippen MR) is 171 cm³/mol. The highest BCUT2D eigenvalue weighted by Gasteiger charge is 2.45. The smallest absolute Gasteiger partial charge is 0.264 e. The molecule has 44 heavy (non-hydrogen) atoms. The fraction of sp³-hybridized carbons (Fsp3) is 0.559. The maximum atomic E-state index is 13.8. The highest BCUT2D eigenvalue weighted by molar-refractivity contribution is 7.90. The van der Waals surface area contributed by atoms with Crippen LogP contribution in [0.4, 0.5) is 5.69 Å². The van der Waals surface area contributed by atoms with E-state index in [0.717, 1.165) is 32.1 Å². The number of nitrogens with one attached hydrogen (secondary N) is 1. The summed E-state index contributed by atoms with van der Waals surface area (Å²) in [6.45, 7) is 4.95. The molecule has 6 atom stereocenters. The Balaban J connectivity index is 1.48. The van der Waals surface area contributed by atoms with E-state index in [4.69, 9.17) is 21.1 Å². The average Bonchev–Trinajstić information content (AvgIpc) is 3.13. The molecule has 0 radical (unpaired) electrons. The van der Waals surface area contributed by atoms with Crippen LogP contribution < -0.4 is 14.4 Å². The fourth-order valence-electron chi connectivity index (χ4n) is 7.66. The summed E-state index contributed by atoms with van der Waals surface area (Å²) in [5, 5.41) is 11.0. The Bertz CT molecular complexity index is 1560. The van der Waals surface area contributed by atoms with Crippen molar-refractivity contribution in [1.82, 2.24) is 4.72 Å². The number of carbonyl (C=O) groups is 1. The van der Waals surface area contributed by atoms with Crippen molar-refractivity contribution in [2.45, 2.75) is 75.4 Å². The van der Waals surface area contributed by atoms with Crippen molar-refractivity contribution in [2.24, 2.45) is 23.7 Å². The van der Waals surface area contributed by atoms with Crippen molar-refractivity contribution in [3.8, 4) is 5.75 Å². The molecule has 2 aromatic carbocycles. The van der Waals surface area contributed by atoms with Crippen LogP contribution >= 0.6 is 11.6 Å². The number of aryl methyl sites for hydroxylation is 1. The Morgan fingerprint density at radius 1 is 1.20 bits per heavy atom. The monoisotopic (exact) mass is 642 g/mol. The number of rotatable bonds is 2. The molecule has 2 aliphatic heterocycles. The second-order valence-electron chi connectivity index (χ2n) is 13.3. The zero-order valence-corrected chi connectivity index (χ0v) is 27.3. The Morgan fingerprint density at radius 3 is 2.75 bits per heavy atom. The van der Waals surface area contributed by atoms with Crippen molar-refractivity contribution in [3.63, 3.8) is 0 Å². The second kappa shape index (κ2) is 12.3. The van der Waals surface area contributed by atoms with E-state index in [9.17, 15) is 18.3 Å². The molecule has 1 spiro atoms. The van der Waals surface area contributed by atoms with E-state index in [1.807, 2.05) is 13.0 Å². The molecule has 238 valence electrons. The van der Waals surface area contributed by atoms with Crippen LogP contribution in [0.3, 0.4) is 0 Å². The number of sulfonamides is 1. The van der Waals surface area contributed by atoms with Gasteiger partial charge in [-0.25, -0.2) is 13.1 Å². The Kier molecular flexibility index (Phi) is 8.78. The molecule has 8 nitrogen and oxygen atoms in total. The molecule has 6 rings (SSSR count). The van der Waals surface area contributed by atoms with Gasteiger partial charge in [-0.3, -0.25) is 4.79 Å². The maximum Gasteiger partial charge on any atom is 0.264 e. The number of amides is 1. The molecular weight excluding hydrogens is 600 g/mol. The minimum absolute atomic E-state index is 0.0418. The van der Waals surface area contributed by atoms with E-state index >= 15 is 0 Å². The van der Waals surface area contributed by atoms with Crippen LogP contribution in [0, 0.1) is 23.7 Å². The third kappa shape index (κ3) is 5.77. The normalized spacial score (nSPS) is 32.3. The molecule has 2 bridgehead atoms. The van der Waals surface area contributed by atoms with Crippen molar-refractivity contribution >= 4 is 33.2 Å². The molecule has 0 saturated heterocycles. The van der Waals surface area contributed by atoms with E-state index < -0.39 is 28.5 Å². The van der Waals surface area contributed by atoms with Gasteiger partial charge in [-0.1, -0.05) is 43.7 Å². The Hall–Kier alpha value is -2.59. The molecule has 2 aliphatic carbocycles. The summed E-state index contributed by atoms with van der Waals surface area (Å²) in [6.07, 6.45) is 9.74. The van der Waals surface area contributed by atoms with Gasteiger partial charge in [0, 0.05) is 42.1 Å². The van der Waals surface area contributed by atoms with Crippen LogP contribution in [-0.2, 0) is 38.0 Å². The van der Waals surface area contributed by atoms with E-state index in [2.05, 4.69) is 33.9 Å². The van der Waals surface area contributed by atoms with Crippen LogP contribution in [0.25, 0.3) is 0 Å². The lowest BCUT2D eigenvalue weighted by Gasteiger charge is -2.46. The van der Waals surface area contributed by atoms with Crippen LogP contribution in [0.2, 0.25) is 5.02 Å². The molecule has 2 heterocycles. The van der Waals surface area contributed by atoms with E-state index in [1.165, 1.54) is 11.1 Å². The molecule has 1 saturated carbocycles. The number of aliphatic hydroxyl groups excluding tert-OH is 1. The number of anilines is 1. The number of nitrogens with zero attached hydrogens (tertiary/aromatic N) is 1. The zero-order valence-electron chi connectivity index (χ0n) is 25.7. The molecule has 0 aromatic heterocycles. The molecule has 10 heteroatoms. The van der Waals surface area contributed by atoms with Gasteiger partial charge in [-0.15, -0.1) is 0 Å². The number of halogens is 1. The fourth-order valence-corrected chi connectivity index (χ4v) is 9.15. The summed E-state index contributed by atoms with van der Waals surface area (Å²) in [6, 6.07) is 9.36. The van der Waals surface area contributed by atoms with Crippen molar-refractivity contribution in [1.29, 1.82) is 0 Å². The first-order valence-electron chi connectivity index (χ1n) is 15.8. The highest BCUT2D eigenvalue weighted by Crippen LogP contribution is 2.47. The molecule has 1 fully saturated rings. The van der Waals surface area contributed by atoms with Crippen LogP contribution in [0.5, 0.6) is 5.75 Å². The van der Waals surface area contributed by atoms with Crippen molar-refractivity contribution in [2.75, 3.05) is 31.7 Å². The third-order valence-electron chi connectivity index (χ3n) is 10.6. The van der Waals surface area contributed by atoms with Gasteiger partial charge in [0.1, 0.15) is 5.75 Å². The largest absolute Gasteiger partial charge is 0.490 e.